The Morgan fingerprint density at radius 1 is 0.579 bits per heavy atom. The average molecular weight is 539 g/mol. The average Bonchev–Trinajstić information content (AvgIpc) is 2.92. The number of carbonyl (C=O) groups is 2. The Morgan fingerprint density at radius 2 is 0.974 bits per heavy atom. The van der Waals surface area contributed by atoms with E-state index in [-0.39, 0.29) is 25.2 Å². The predicted molar refractivity (Wildman–Crippen MR) is 159 cm³/mol. The standard InChI is InChI=1S/C33H62O5/c1-3-5-7-9-11-13-14-15-16-17-18-20-21-23-25-27-32(35)37-30-31(29-34)38-33(36)28-26-24-22-19-12-10-8-6-4-2/h15-16,31,34H,3-14,17-30H2,1-2H3/b16-15-/t31-/m0/s1. The summed E-state index contributed by atoms with van der Waals surface area (Å²) in [6.07, 6.45) is 31.2. The molecule has 38 heavy (non-hydrogen) atoms. The van der Waals surface area contributed by atoms with Crippen molar-refractivity contribution in [1.82, 2.24) is 0 Å². The molecule has 5 nitrogen and oxygen atoms in total. The van der Waals surface area contributed by atoms with Gasteiger partial charge in [0.05, 0.1) is 6.61 Å². The highest BCUT2D eigenvalue weighted by molar-refractivity contribution is 5.70. The van der Waals surface area contributed by atoms with Gasteiger partial charge in [-0.25, -0.2) is 0 Å². The van der Waals surface area contributed by atoms with Gasteiger partial charge in [0.25, 0.3) is 0 Å². The van der Waals surface area contributed by atoms with Gasteiger partial charge in [-0.1, -0.05) is 129 Å². The van der Waals surface area contributed by atoms with Crippen molar-refractivity contribution in [2.75, 3.05) is 13.2 Å². The van der Waals surface area contributed by atoms with Gasteiger partial charge in [-0.15, -0.1) is 0 Å². The molecule has 0 unspecified atom stereocenters. The molecule has 0 aromatic heterocycles. The maximum absolute atomic E-state index is 12.0. The summed E-state index contributed by atoms with van der Waals surface area (Å²) < 4.78 is 10.5. The van der Waals surface area contributed by atoms with E-state index < -0.39 is 6.10 Å². The molecule has 0 fully saturated rings. The third-order valence-electron chi connectivity index (χ3n) is 7.06. The molecular weight excluding hydrogens is 476 g/mol. The molecule has 224 valence electrons. The lowest BCUT2D eigenvalue weighted by molar-refractivity contribution is -0.161. The highest BCUT2D eigenvalue weighted by atomic mass is 16.6. The Kier molecular flexibility index (Phi) is 29.1. The number of hydrogen-bond donors (Lipinski definition) is 1. The first-order valence-electron chi connectivity index (χ1n) is 16.2. The first-order chi connectivity index (χ1) is 18.6. The van der Waals surface area contributed by atoms with Crippen LogP contribution in [0.5, 0.6) is 0 Å². The van der Waals surface area contributed by atoms with E-state index in [0.717, 1.165) is 44.9 Å². The van der Waals surface area contributed by atoms with Crippen molar-refractivity contribution >= 4 is 11.9 Å². The van der Waals surface area contributed by atoms with Crippen LogP contribution in [0.3, 0.4) is 0 Å². The molecule has 0 heterocycles. The lowest BCUT2D eigenvalue weighted by Gasteiger charge is -2.15. The van der Waals surface area contributed by atoms with Gasteiger partial charge in [0, 0.05) is 12.8 Å². The number of allylic oxidation sites excluding steroid dienone is 2. The Hall–Kier alpha value is -1.36. The van der Waals surface area contributed by atoms with Gasteiger partial charge >= 0.3 is 11.9 Å². The number of rotatable bonds is 29. The normalized spacial score (nSPS) is 12.2. The Bertz CT molecular complexity index is 546. The van der Waals surface area contributed by atoms with Crippen molar-refractivity contribution in [3.05, 3.63) is 12.2 Å². The largest absolute Gasteiger partial charge is 0.462 e. The molecule has 0 aliphatic carbocycles. The molecule has 0 saturated carbocycles. The second-order valence-electron chi connectivity index (χ2n) is 10.9. The fraction of sp³-hybridized carbons (Fsp3) is 0.879. The van der Waals surface area contributed by atoms with Gasteiger partial charge in [-0.3, -0.25) is 9.59 Å². The van der Waals surface area contributed by atoms with Crippen LogP contribution in [0.4, 0.5) is 0 Å². The van der Waals surface area contributed by atoms with Gasteiger partial charge in [0.1, 0.15) is 6.61 Å². The van der Waals surface area contributed by atoms with Crippen LogP contribution in [-0.2, 0) is 19.1 Å². The molecule has 0 aliphatic heterocycles. The number of unbranched alkanes of at least 4 members (excludes halogenated alkanes) is 19. The van der Waals surface area contributed by atoms with Crippen molar-refractivity contribution in [2.45, 2.75) is 174 Å². The van der Waals surface area contributed by atoms with E-state index in [4.69, 9.17) is 9.47 Å². The monoisotopic (exact) mass is 538 g/mol. The molecule has 5 heteroatoms. The molecule has 0 bridgehead atoms. The molecule has 0 spiro atoms. The van der Waals surface area contributed by atoms with Gasteiger partial charge in [0.15, 0.2) is 6.10 Å². The van der Waals surface area contributed by atoms with Gasteiger partial charge in [-0.05, 0) is 38.5 Å². The zero-order valence-corrected chi connectivity index (χ0v) is 25.2. The third-order valence-corrected chi connectivity index (χ3v) is 7.06. The topological polar surface area (TPSA) is 72.8 Å². The molecule has 0 aromatic rings. The number of hydrogen-bond acceptors (Lipinski definition) is 5. The minimum atomic E-state index is -0.765. The highest BCUT2D eigenvalue weighted by Gasteiger charge is 2.16. The van der Waals surface area contributed by atoms with E-state index in [9.17, 15) is 14.7 Å². The number of esters is 2. The van der Waals surface area contributed by atoms with E-state index in [1.54, 1.807) is 0 Å². The first-order valence-corrected chi connectivity index (χ1v) is 16.2. The molecular formula is C33H62O5. The van der Waals surface area contributed by atoms with Crippen molar-refractivity contribution in [3.8, 4) is 0 Å². The predicted octanol–water partition coefficient (Wildman–Crippen LogP) is 9.39. The van der Waals surface area contributed by atoms with Crippen LogP contribution < -0.4 is 0 Å². The second kappa shape index (κ2) is 30.2. The van der Waals surface area contributed by atoms with Crippen LogP contribution in [0.2, 0.25) is 0 Å². The van der Waals surface area contributed by atoms with Crippen molar-refractivity contribution in [2.24, 2.45) is 0 Å². The van der Waals surface area contributed by atoms with Crippen LogP contribution in [0.1, 0.15) is 168 Å². The summed E-state index contributed by atoms with van der Waals surface area (Å²) >= 11 is 0. The smallest absolute Gasteiger partial charge is 0.306 e. The Balaban J connectivity index is 3.57. The number of ether oxygens (including phenoxy) is 2. The van der Waals surface area contributed by atoms with E-state index in [1.165, 1.54) is 96.3 Å². The first kappa shape index (κ1) is 36.6. The summed E-state index contributed by atoms with van der Waals surface area (Å²) in [7, 11) is 0. The number of carbonyl (C=O) groups excluding carboxylic acids is 2. The van der Waals surface area contributed by atoms with E-state index in [0.29, 0.717) is 12.8 Å². The van der Waals surface area contributed by atoms with Crippen LogP contribution in [0, 0.1) is 0 Å². The molecule has 1 atom stereocenters. The summed E-state index contributed by atoms with van der Waals surface area (Å²) in [5.41, 5.74) is 0. The number of aliphatic hydroxyl groups is 1. The molecule has 0 aromatic carbocycles. The van der Waals surface area contributed by atoms with Crippen molar-refractivity contribution < 1.29 is 24.2 Å². The second-order valence-corrected chi connectivity index (χ2v) is 10.9. The number of aliphatic hydroxyl groups excluding tert-OH is 1. The van der Waals surface area contributed by atoms with Gasteiger partial charge in [-0.2, -0.15) is 0 Å². The van der Waals surface area contributed by atoms with Crippen LogP contribution >= 0.6 is 0 Å². The maximum Gasteiger partial charge on any atom is 0.306 e. The van der Waals surface area contributed by atoms with Crippen LogP contribution in [0.25, 0.3) is 0 Å². The van der Waals surface area contributed by atoms with E-state index in [2.05, 4.69) is 26.0 Å². The summed E-state index contributed by atoms with van der Waals surface area (Å²) in [4.78, 5) is 24.0. The van der Waals surface area contributed by atoms with Gasteiger partial charge in [0.2, 0.25) is 0 Å². The lowest BCUT2D eigenvalue weighted by Crippen LogP contribution is -2.28. The molecule has 0 amide bonds. The molecule has 0 aliphatic rings. The summed E-state index contributed by atoms with van der Waals surface area (Å²) in [6, 6.07) is 0. The zero-order valence-electron chi connectivity index (χ0n) is 25.2. The fourth-order valence-electron chi connectivity index (χ4n) is 4.55. The summed E-state index contributed by atoms with van der Waals surface area (Å²) in [5, 5.41) is 9.46. The fourth-order valence-corrected chi connectivity index (χ4v) is 4.55. The highest BCUT2D eigenvalue weighted by Crippen LogP contribution is 2.12. The summed E-state index contributed by atoms with van der Waals surface area (Å²) in [6.45, 7) is 4.09. The SMILES string of the molecule is CCCCCCCC/C=C\CCCCCCCC(=O)OC[C@H](CO)OC(=O)CCCCCCCCCCC. The summed E-state index contributed by atoms with van der Waals surface area (Å²) in [5.74, 6) is -0.601. The van der Waals surface area contributed by atoms with E-state index in [1.807, 2.05) is 0 Å². The van der Waals surface area contributed by atoms with E-state index >= 15 is 0 Å². The zero-order chi connectivity index (χ0) is 27.9. The quantitative estimate of drug-likeness (QED) is 0.0583. The minimum absolute atomic E-state index is 0.0656. The Morgan fingerprint density at radius 3 is 1.42 bits per heavy atom. The molecule has 1 N–H and O–H groups in total. The third kappa shape index (κ3) is 27.7. The molecule has 0 radical (unpaired) electrons. The lowest BCUT2D eigenvalue weighted by atomic mass is 10.1. The van der Waals surface area contributed by atoms with Crippen LogP contribution in [0.15, 0.2) is 12.2 Å². The molecule has 0 saturated heterocycles. The van der Waals surface area contributed by atoms with Crippen molar-refractivity contribution in [3.63, 3.8) is 0 Å². The van der Waals surface area contributed by atoms with Gasteiger partial charge < -0.3 is 14.6 Å². The van der Waals surface area contributed by atoms with Crippen molar-refractivity contribution in [1.29, 1.82) is 0 Å². The molecule has 0 rings (SSSR count). The Labute approximate surface area is 235 Å². The minimum Gasteiger partial charge on any atom is -0.462 e. The maximum atomic E-state index is 12.0. The van der Waals surface area contributed by atoms with Crippen LogP contribution in [-0.4, -0.2) is 36.4 Å².